The highest BCUT2D eigenvalue weighted by molar-refractivity contribution is 5.68. The smallest absolute Gasteiger partial charge is 0.306 e. The van der Waals surface area contributed by atoms with Crippen molar-refractivity contribution in [1.29, 1.82) is 0 Å². The molecule has 1 aromatic heterocycles. The van der Waals surface area contributed by atoms with Gasteiger partial charge < -0.3 is 10.2 Å². The molecule has 1 rings (SSSR count). The lowest BCUT2D eigenvalue weighted by atomic mass is 9.99. The Hall–Kier alpha value is -1.49. The van der Waals surface area contributed by atoms with E-state index >= 15 is 0 Å². The Labute approximate surface area is 75.1 Å². The molecule has 5 heteroatoms. The average molecular weight is 182 g/mol. The summed E-state index contributed by atoms with van der Waals surface area (Å²) < 4.78 is 0. The minimum Gasteiger partial charge on any atom is -0.481 e. The van der Waals surface area contributed by atoms with Gasteiger partial charge in [-0.05, 0) is 6.92 Å². The van der Waals surface area contributed by atoms with Gasteiger partial charge in [-0.25, -0.2) is 0 Å². The van der Waals surface area contributed by atoms with Gasteiger partial charge in [-0.2, -0.15) is 0 Å². The highest BCUT2D eigenvalue weighted by Gasteiger charge is 2.27. The Morgan fingerprint density at radius 3 is 2.77 bits per heavy atom. The van der Waals surface area contributed by atoms with E-state index < -0.39 is 11.6 Å². The normalized spacial score (nSPS) is 14.9. The van der Waals surface area contributed by atoms with Gasteiger partial charge in [-0.3, -0.25) is 14.8 Å². The second-order valence-corrected chi connectivity index (χ2v) is 2.94. The largest absolute Gasteiger partial charge is 0.481 e. The van der Waals surface area contributed by atoms with E-state index in [0.717, 1.165) is 0 Å². The molecule has 0 aromatic carbocycles. The van der Waals surface area contributed by atoms with E-state index in [4.69, 9.17) is 5.11 Å². The van der Waals surface area contributed by atoms with Crippen LogP contribution in [-0.2, 0) is 10.4 Å². The molecule has 0 aliphatic carbocycles. The lowest BCUT2D eigenvalue weighted by Gasteiger charge is -2.19. The molecular formula is C8H10N2O3. The number of carbonyl (C=O) groups is 1. The molecule has 1 atom stereocenters. The molecule has 1 aromatic rings. The summed E-state index contributed by atoms with van der Waals surface area (Å²) in [4.78, 5) is 18.0. The molecule has 0 aliphatic heterocycles. The number of aliphatic carboxylic acids is 1. The van der Waals surface area contributed by atoms with Crippen LogP contribution in [0.5, 0.6) is 0 Å². The van der Waals surface area contributed by atoms with Crippen LogP contribution in [0.4, 0.5) is 0 Å². The summed E-state index contributed by atoms with van der Waals surface area (Å²) >= 11 is 0. The number of nitrogens with zero attached hydrogens (tertiary/aromatic N) is 2. The van der Waals surface area contributed by atoms with Gasteiger partial charge in [0.25, 0.3) is 0 Å². The molecule has 1 heterocycles. The van der Waals surface area contributed by atoms with Crippen molar-refractivity contribution in [2.75, 3.05) is 0 Å². The molecule has 5 nitrogen and oxygen atoms in total. The zero-order valence-corrected chi connectivity index (χ0v) is 7.14. The van der Waals surface area contributed by atoms with Crippen LogP contribution in [0.1, 0.15) is 19.0 Å². The van der Waals surface area contributed by atoms with Crippen LogP contribution in [0.2, 0.25) is 0 Å². The molecule has 0 fully saturated rings. The molecule has 0 bridgehead atoms. The van der Waals surface area contributed by atoms with Crippen molar-refractivity contribution in [3.05, 3.63) is 24.3 Å². The first-order chi connectivity index (χ1) is 6.02. The topological polar surface area (TPSA) is 83.3 Å². The fraction of sp³-hybridized carbons (Fsp3) is 0.375. The van der Waals surface area contributed by atoms with Crippen LogP contribution in [0, 0.1) is 0 Å². The third-order valence-electron chi connectivity index (χ3n) is 1.61. The van der Waals surface area contributed by atoms with E-state index in [1.165, 1.54) is 25.5 Å². The summed E-state index contributed by atoms with van der Waals surface area (Å²) in [5, 5.41) is 18.2. The molecule has 0 saturated carbocycles. The number of carboxylic acid groups (broad SMARTS) is 1. The Bertz CT molecular complexity index is 298. The highest BCUT2D eigenvalue weighted by atomic mass is 16.4. The molecule has 0 spiro atoms. The summed E-state index contributed by atoms with van der Waals surface area (Å²) in [6, 6.07) is 0. The van der Waals surface area contributed by atoms with Crippen LogP contribution in [-0.4, -0.2) is 26.2 Å². The Balaban J connectivity index is 2.87. The summed E-state index contributed by atoms with van der Waals surface area (Å²) in [5.41, 5.74) is -1.20. The van der Waals surface area contributed by atoms with Gasteiger partial charge in [0.2, 0.25) is 0 Å². The van der Waals surface area contributed by atoms with Gasteiger partial charge in [0.05, 0.1) is 18.3 Å². The third kappa shape index (κ3) is 2.48. The first-order valence-corrected chi connectivity index (χ1v) is 3.73. The standard InChI is InChI=1S/C8H10N2O3/c1-8(13,4-7(11)12)6-5-9-2-3-10-6/h2-3,5,13H,4H2,1H3,(H,11,12). The Morgan fingerprint density at radius 2 is 2.31 bits per heavy atom. The van der Waals surface area contributed by atoms with Crippen molar-refractivity contribution in [3.8, 4) is 0 Å². The second-order valence-electron chi connectivity index (χ2n) is 2.94. The molecule has 13 heavy (non-hydrogen) atoms. The number of carboxylic acids is 1. The second kappa shape index (κ2) is 3.49. The summed E-state index contributed by atoms with van der Waals surface area (Å²) in [6.45, 7) is 1.39. The van der Waals surface area contributed by atoms with Crippen molar-refractivity contribution in [3.63, 3.8) is 0 Å². The van der Waals surface area contributed by atoms with E-state index in [2.05, 4.69) is 9.97 Å². The van der Waals surface area contributed by atoms with Crippen LogP contribution >= 0.6 is 0 Å². The van der Waals surface area contributed by atoms with Crippen molar-refractivity contribution in [2.24, 2.45) is 0 Å². The number of rotatable bonds is 3. The lowest BCUT2D eigenvalue weighted by molar-refractivity contribution is -0.142. The molecule has 1 unspecified atom stereocenters. The van der Waals surface area contributed by atoms with E-state index in [1.54, 1.807) is 0 Å². The first-order valence-electron chi connectivity index (χ1n) is 3.73. The van der Waals surface area contributed by atoms with Crippen LogP contribution < -0.4 is 0 Å². The highest BCUT2D eigenvalue weighted by Crippen LogP contribution is 2.20. The van der Waals surface area contributed by atoms with Gasteiger partial charge in [-0.15, -0.1) is 0 Å². The zero-order chi connectivity index (χ0) is 9.90. The monoisotopic (exact) mass is 182 g/mol. The van der Waals surface area contributed by atoms with Gasteiger partial charge in [0.15, 0.2) is 0 Å². The third-order valence-corrected chi connectivity index (χ3v) is 1.61. The number of hydrogen-bond donors (Lipinski definition) is 2. The lowest BCUT2D eigenvalue weighted by Crippen LogP contribution is -2.26. The predicted octanol–water partition coefficient (Wildman–Crippen LogP) is 0.159. The number of aromatic nitrogens is 2. The maximum atomic E-state index is 10.4. The summed E-state index contributed by atoms with van der Waals surface area (Å²) in [5.74, 6) is -1.07. The minimum absolute atomic E-state index is 0.261. The fourth-order valence-corrected chi connectivity index (χ4v) is 0.962. The van der Waals surface area contributed by atoms with E-state index in [1.807, 2.05) is 0 Å². The molecule has 0 saturated heterocycles. The van der Waals surface area contributed by atoms with Gasteiger partial charge in [-0.1, -0.05) is 0 Å². The maximum Gasteiger partial charge on any atom is 0.306 e. The number of aliphatic hydroxyl groups is 1. The summed E-state index contributed by atoms with van der Waals surface area (Å²) in [6.07, 6.45) is 3.83. The zero-order valence-electron chi connectivity index (χ0n) is 7.14. The van der Waals surface area contributed by atoms with E-state index in [-0.39, 0.29) is 12.1 Å². The Kier molecular flexibility index (Phi) is 2.57. The molecule has 0 radical (unpaired) electrons. The SMILES string of the molecule is CC(O)(CC(=O)O)c1cnccn1. The maximum absolute atomic E-state index is 10.4. The summed E-state index contributed by atoms with van der Waals surface area (Å²) in [7, 11) is 0. The van der Waals surface area contributed by atoms with Gasteiger partial charge in [0.1, 0.15) is 5.60 Å². The van der Waals surface area contributed by atoms with Crippen molar-refractivity contribution < 1.29 is 15.0 Å². The van der Waals surface area contributed by atoms with Gasteiger partial charge >= 0.3 is 5.97 Å². The molecule has 0 amide bonds. The Morgan fingerprint density at radius 1 is 1.62 bits per heavy atom. The minimum atomic E-state index is -1.46. The van der Waals surface area contributed by atoms with Gasteiger partial charge in [0, 0.05) is 12.4 Å². The molecule has 2 N–H and O–H groups in total. The molecule has 0 aliphatic rings. The first kappa shape index (κ1) is 9.60. The number of hydrogen-bond acceptors (Lipinski definition) is 4. The predicted molar refractivity (Wildman–Crippen MR) is 43.9 cm³/mol. The quantitative estimate of drug-likeness (QED) is 0.695. The molecule has 70 valence electrons. The van der Waals surface area contributed by atoms with Crippen LogP contribution in [0.15, 0.2) is 18.6 Å². The van der Waals surface area contributed by atoms with Crippen LogP contribution in [0.25, 0.3) is 0 Å². The average Bonchev–Trinajstić information content (AvgIpc) is 2.04. The van der Waals surface area contributed by atoms with E-state index in [9.17, 15) is 9.90 Å². The van der Waals surface area contributed by atoms with Crippen molar-refractivity contribution >= 4 is 5.97 Å². The van der Waals surface area contributed by atoms with Crippen molar-refractivity contribution in [2.45, 2.75) is 18.9 Å². The van der Waals surface area contributed by atoms with Crippen LogP contribution in [0.3, 0.4) is 0 Å². The van der Waals surface area contributed by atoms with E-state index in [0.29, 0.717) is 0 Å². The fourth-order valence-electron chi connectivity index (χ4n) is 0.962. The van der Waals surface area contributed by atoms with Crippen molar-refractivity contribution in [1.82, 2.24) is 9.97 Å². The molecular weight excluding hydrogens is 172 g/mol.